The van der Waals surface area contributed by atoms with Gasteiger partial charge in [-0.15, -0.1) is 0 Å². The Hall–Kier alpha value is -3.40. The van der Waals surface area contributed by atoms with Crippen molar-refractivity contribution in [3.05, 3.63) is 94.0 Å². The number of rotatable bonds is 9. The minimum absolute atomic E-state index is 0.00807. The molecule has 1 aliphatic carbocycles. The van der Waals surface area contributed by atoms with Crippen LogP contribution in [-0.2, 0) is 12.0 Å². The average Bonchev–Trinajstić information content (AvgIpc) is 3.37. The molecule has 1 saturated carbocycles. The molecule has 0 aliphatic heterocycles. The molecule has 0 radical (unpaired) electrons. The van der Waals surface area contributed by atoms with Gasteiger partial charge >= 0.3 is 18.6 Å². The summed E-state index contributed by atoms with van der Waals surface area (Å²) in [5.74, 6) is -1.87. The lowest BCUT2D eigenvalue weighted by atomic mass is 9.80. The molecule has 3 aromatic rings. The molecule has 2 amide bonds. The Balaban J connectivity index is 1.87. The van der Waals surface area contributed by atoms with Crippen LogP contribution in [0.25, 0.3) is 0 Å². The molecule has 1 unspecified atom stereocenters. The maximum absolute atomic E-state index is 14.9. The Morgan fingerprint density at radius 1 is 1.10 bits per heavy atom. The zero-order chi connectivity index (χ0) is 28.2. The second kappa shape index (κ2) is 11.8. The van der Waals surface area contributed by atoms with Crippen molar-refractivity contribution >= 4 is 17.6 Å². The van der Waals surface area contributed by atoms with Gasteiger partial charge in [-0.25, -0.2) is 9.18 Å². The molecular formula is C28H27ClF5N3O2. The fourth-order valence-corrected chi connectivity index (χ4v) is 4.83. The number of hydrogen-bond donors (Lipinski definition) is 2. The predicted molar refractivity (Wildman–Crippen MR) is 137 cm³/mol. The third kappa shape index (κ3) is 6.98. The highest BCUT2D eigenvalue weighted by atomic mass is 35.5. The smallest absolute Gasteiger partial charge is 0.428 e. The van der Waals surface area contributed by atoms with Gasteiger partial charge < -0.3 is 15.4 Å². The summed E-state index contributed by atoms with van der Waals surface area (Å²) in [6, 6.07) is 12.3. The summed E-state index contributed by atoms with van der Waals surface area (Å²) < 4.78 is 72.4. The number of amides is 2. The second-order valence-corrected chi connectivity index (χ2v) is 10.1. The van der Waals surface area contributed by atoms with Crippen LogP contribution in [0.3, 0.4) is 0 Å². The van der Waals surface area contributed by atoms with Crippen LogP contribution in [0.5, 0.6) is 5.75 Å². The lowest BCUT2D eigenvalue weighted by molar-refractivity contribution is -0.253. The fraction of sp³-hybridized carbons (Fsp3) is 0.357. The first-order valence-electron chi connectivity index (χ1n) is 12.4. The summed E-state index contributed by atoms with van der Waals surface area (Å²) in [6.07, 6.45) is -4.17. The third-order valence-corrected chi connectivity index (χ3v) is 6.87. The van der Waals surface area contributed by atoms with Gasteiger partial charge in [-0.05, 0) is 55.2 Å². The maximum atomic E-state index is 14.9. The minimum atomic E-state index is -4.86. The van der Waals surface area contributed by atoms with Crippen LogP contribution in [0.2, 0.25) is 5.02 Å². The Labute approximate surface area is 227 Å². The van der Waals surface area contributed by atoms with E-state index in [-0.39, 0.29) is 23.7 Å². The van der Waals surface area contributed by atoms with Crippen LogP contribution < -0.4 is 15.4 Å². The second-order valence-electron chi connectivity index (χ2n) is 9.65. The van der Waals surface area contributed by atoms with E-state index in [2.05, 4.69) is 20.4 Å². The number of carbonyl (C=O) groups excluding carboxylic acids is 1. The van der Waals surface area contributed by atoms with Gasteiger partial charge in [0.15, 0.2) is 0 Å². The Morgan fingerprint density at radius 2 is 1.79 bits per heavy atom. The summed E-state index contributed by atoms with van der Waals surface area (Å²) in [6.45, 7) is 1.89. The number of carbonyl (C=O) groups is 1. The highest BCUT2D eigenvalue weighted by molar-refractivity contribution is 6.30. The molecule has 1 fully saturated rings. The van der Waals surface area contributed by atoms with E-state index in [0.29, 0.717) is 16.7 Å². The van der Waals surface area contributed by atoms with Crippen molar-refractivity contribution in [3.63, 3.8) is 0 Å². The van der Waals surface area contributed by atoms with Crippen LogP contribution in [0, 0.1) is 12.7 Å². The highest BCUT2D eigenvalue weighted by Gasteiger charge is 2.45. The van der Waals surface area contributed by atoms with E-state index in [1.165, 1.54) is 18.3 Å². The number of benzene rings is 2. The number of nitrogens with zero attached hydrogens (tertiary/aromatic N) is 1. The molecule has 0 bridgehead atoms. The SMILES string of the molecule is Cc1ccc(CC(NC(=O)NC2CCCC2)(c2cc(F)cc(OC(F)(F)C(F)F)c2)c2ccc(Cl)cn2)cc1. The van der Waals surface area contributed by atoms with Gasteiger partial charge in [-0.1, -0.05) is 54.3 Å². The zero-order valence-electron chi connectivity index (χ0n) is 21.0. The van der Waals surface area contributed by atoms with Gasteiger partial charge in [0, 0.05) is 24.7 Å². The van der Waals surface area contributed by atoms with E-state index in [9.17, 15) is 26.7 Å². The molecule has 2 aromatic carbocycles. The summed E-state index contributed by atoms with van der Waals surface area (Å²) >= 11 is 6.06. The standard InChI is InChI=1S/C28H27ClF5N3O2/c1-17-6-8-18(9-7-17)15-27(24-11-10-20(29)16-35-24,37-26(38)36-22-4-2-3-5-22)19-12-21(30)14-23(13-19)39-28(33,34)25(31)32/h6-14,16,22,25H,2-5,15H2,1H3,(H2,36,37,38). The number of aromatic nitrogens is 1. The van der Waals surface area contributed by atoms with E-state index in [4.69, 9.17) is 11.6 Å². The largest absolute Gasteiger partial charge is 0.461 e. The first-order valence-corrected chi connectivity index (χ1v) is 12.8. The minimum Gasteiger partial charge on any atom is -0.428 e. The van der Waals surface area contributed by atoms with Gasteiger partial charge in [0.1, 0.15) is 17.1 Å². The molecule has 208 valence electrons. The number of alkyl halides is 4. The van der Waals surface area contributed by atoms with E-state index in [1.54, 1.807) is 12.1 Å². The van der Waals surface area contributed by atoms with Crippen molar-refractivity contribution in [1.29, 1.82) is 0 Å². The van der Waals surface area contributed by atoms with E-state index < -0.39 is 35.7 Å². The number of halogens is 6. The predicted octanol–water partition coefficient (Wildman–Crippen LogP) is 7.15. The molecule has 5 nitrogen and oxygen atoms in total. The lowest BCUT2D eigenvalue weighted by Gasteiger charge is -2.36. The molecular weight excluding hydrogens is 541 g/mol. The monoisotopic (exact) mass is 567 g/mol. The normalized spacial score (nSPS) is 15.7. The molecule has 4 rings (SSSR count). The highest BCUT2D eigenvalue weighted by Crippen LogP contribution is 2.37. The summed E-state index contributed by atoms with van der Waals surface area (Å²) in [7, 11) is 0. The van der Waals surface area contributed by atoms with E-state index in [0.717, 1.165) is 43.4 Å². The molecule has 1 atom stereocenters. The molecule has 0 spiro atoms. The number of ether oxygens (including phenoxy) is 1. The van der Waals surface area contributed by atoms with Gasteiger partial charge in [0.05, 0.1) is 10.7 Å². The van der Waals surface area contributed by atoms with E-state index >= 15 is 0 Å². The molecule has 39 heavy (non-hydrogen) atoms. The number of pyridine rings is 1. The zero-order valence-corrected chi connectivity index (χ0v) is 21.8. The molecule has 1 aromatic heterocycles. The molecule has 1 heterocycles. The molecule has 11 heteroatoms. The van der Waals surface area contributed by atoms with Crippen LogP contribution in [0.4, 0.5) is 26.7 Å². The quantitative estimate of drug-likeness (QED) is 0.270. The van der Waals surface area contributed by atoms with Gasteiger partial charge in [0.2, 0.25) is 0 Å². The molecule has 0 saturated heterocycles. The fourth-order valence-electron chi connectivity index (χ4n) is 4.72. The lowest BCUT2D eigenvalue weighted by Crippen LogP contribution is -2.54. The van der Waals surface area contributed by atoms with Crippen molar-refractivity contribution in [2.24, 2.45) is 0 Å². The summed E-state index contributed by atoms with van der Waals surface area (Å²) in [4.78, 5) is 17.7. The van der Waals surface area contributed by atoms with Crippen molar-refractivity contribution in [3.8, 4) is 5.75 Å². The number of aryl methyl sites for hydroxylation is 1. The summed E-state index contributed by atoms with van der Waals surface area (Å²) in [5.41, 5.74) is 0.202. The van der Waals surface area contributed by atoms with Crippen LogP contribution in [-0.4, -0.2) is 29.6 Å². The number of nitrogens with one attached hydrogen (secondary N) is 2. The topological polar surface area (TPSA) is 63.2 Å². The first-order chi connectivity index (χ1) is 18.5. The first kappa shape index (κ1) is 28.6. The number of urea groups is 1. The molecule has 1 aliphatic rings. The van der Waals surface area contributed by atoms with Crippen molar-refractivity contribution in [1.82, 2.24) is 15.6 Å². The Morgan fingerprint density at radius 3 is 2.41 bits per heavy atom. The average molecular weight is 568 g/mol. The van der Waals surface area contributed by atoms with Gasteiger partial charge in [-0.2, -0.15) is 17.6 Å². The summed E-state index contributed by atoms with van der Waals surface area (Å²) in [5, 5.41) is 6.10. The van der Waals surface area contributed by atoms with Gasteiger partial charge in [-0.3, -0.25) is 4.98 Å². The Bertz CT molecular complexity index is 1290. The van der Waals surface area contributed by atoms with E-state index in [1.807, 2.05) is 19.1 Å². The maximum Gasteiger partial charge on any atom is 0.461 e. The van der Waals surface area contributed by atoms with Crippen molar-refractivity contribution in [2.45, 2.75) is 63.1 Å². The third-order valence-electron chi connectivity index (χ3n) is 6.64. The van der Waals surface area contributed by atoms with Crippen LogP contribution in [0.15, 0.2) is 60.8 Å². The molecule has 2 N–H and O–H groups in total. The van der Waals surface area contributed by atoms with Crippen LogP contribution in [0.1, 0.15) is 48.1 Å². The number of hydrogen-bond acceptors (Lipinski definition) is 3. The van der Waals surface area contributed by atoms with Crippen LogP contribution >= 0.6 is 11.6 Å². The van der Waals surface area contributed by atoms with Gasteiger partial charge in [0.25, 0.3) is 0 Å². The Kier molecular flexibility index (Phi) is 8.64. The van der Waals surface area contributed by atoms with Crippen molar-refractivity contribution < 1.29 is 31.5 Å². The van der Waals surface area contributed by atoms with Crippen molar-refractivity contribution in [2.75, 3.05) is 0 Å².